The number of carbonyl (C=O) groups is 1. The van der Waals surface area contributed by atoms with Crippen LogP contribution in [0.2, 0.25) is 0 Å². The van der Waals surface area contributed by atoms with Crippen molar-refractivity contribution in [2.75, 3.05) is 4.72 Å². The quantitative estimate of drug-likeness (QED) is 0.893. The molecule has 0 bridgehead atoms. The Morgan fingerprint density at radius 2 is 1.77 bits per heavy atom. The second kappa shape index (κ2) is 5.64. The van der Waals surface area contributed by atoms with Crippen LogP contribution in [0.25, 0.3) is 0 Å². The Bertz CT molecular complexity index is 855. The highest BCUT2D eigenvalue weighted by atomic mass is 32.2. The number of nitrogens with one attached hydrogen (secondary N) is 1. The summed E-state index contributed by atoms with van der Waals surface area (Å²) in [6.07, 6.45) is 1.57. The third-order valence-corrected chi connectivity index (χ3v) is 3.85. The molecule has 0 aliphatic carbocycles. The monoisotopic (exact) mass is 332 g/mol. The molecule has 0 aliphatic heterocycles. The lowest BCUT2D eigenvalue weighted by atomic mass is 10.2. The van der Waals surface area contributed by atoms with Gasteiger partial charge < -0.3 is 5.11 Å². The van der Waals surface area contributed by atoms with Gasteiger partial charge in [-0.05, 0) is 12.1 Å². The SMILES string of the molecule is O=C(O)c1cc(NS(=O)(=O)c2cncc(F)c2)c(F)cc1F. The van der Waals surface area contributed by atoms with Gasteiger partial charge >= 0.3 is 5.97 Å². The molecule has 2 rings (SSSR count). The number of benzene rings is 1. The predicted molar refractivity (Wildman–Crippen MR) is 68.3 cm³/mol. The molecule has 6 nitrogen and oxygen atoms in total. The lowest BCUT2D eigenvalue weighted by molar-refractivity contribution is 0.0692. The molecule has 0 unspecified atom stereocenters. The van der Waals surface area contributed by atoms with Gasteiger partial charge in [-0.1, -0.05) is 0 Å². The van der Waals surface area contributed by atoms with Crippen molar-refractivity contribution in [3.63, 3.8) is 0 Å². The number of carboxylic acid groups (broad SMARTS) is 1. The van der Waals surface area contributed by atoms with Crippen LogP contribution in [0, 0.1) is 17.5 Å². The largest absolute Gasteiger partial charge is 0.478 e. The molecule has 2 aromatic rings. The topological polar surface area (TPSA) is 96.4 Å². The van der Waals surface area contributed by atoms with Crippen LogP contribution in [-0.4, -0.2) is 24.5 Å². The van der Waals surface area contributed by atoms with Crippen molar-refractivity contribution in [1.29, 1.82) is 0 Å². The minimum Gasteiger partial charge on any atom is -0.478 e. The van der Waals surface area contributed by atoms with E-state index in [1.807, 2.05) is 0 Å². The molecule has 0 amide bonds. The summed E-state index contributed by atoms with van der Waals surface area (Å²) in [4.78, 5) is 13.5. The Morgan fingerprint density at radius 1 is 1.09 bits per heavy atom. The number of rotatable bonds is 4. The van der Waals surface area contributed by atoms with Gasteiger partial charge in [0.25, 0.3) is 10.0 Å². The van der Waals surface area contributed by atoms with Crippen LogP contribution in [0.1, 0.15) is 10.4 Å². The van der Waals surface area contributed by atoms with Crippen molar-refractivity contribution in [3.05, 3.63) is 53.6 Å². The number of hydrogen-bond donors (Lipinski definition) is 2. The summed E-state index contributed by atoms with van der Waals surface area (Å²) in [5, 5.41) is 8.73. The molecule has 0 saturated carbocycles. The predicted octanol–water partition coefficient (Wildman–Crippen LogP) is 2.00. The standard InChI is InChI=1S/C12H7F3N2O4S/c13-6-1-7(5-16-4-6)22(20,21)17-11-2-8(12(18)19)9(14)3-10(11)15/h1-5,17H,(H,18,19). The highest BCUT2D eigenvalue weighted by Crippen LogP contribution is 2.23. The zero-order valence-corrected chi connectivity index (χ0v) is 11.4. The number of anilines is 1. The zero-order chi connectivity index (χ0) is 16.5. The summed E-state index contributed by atoms with van der Waals surface area (Å²) >= 11 is 0. The summed E-state index contributed by atoms with van der Waals surface area (Å²) in [6, 6.07) is 1.34. The van der Waals surface area contributed by atoms with Gasteiger partial charge in [-0.25, -0.2) is 26.4 Å². The maximum absolute atomic E-state index is 13.6. The number of hydrogen-bond acceptors (Lipinski definition) is 4. The first-order valence-corrected chi connectivity index (χ1v) is 7.05. The fraction of sp³-hybridized carbons (Fsp3) is 0. The van der Waals surface area contributed by atoms with Gasteiger partial charge in [0.05, 0.1) is 17.4 Å². The van der Waals surface area contributed by atoms with Crippen molar-refractivity contribution in [2.45, 2.75) is 4.90 Å². The van der Waals surface area contributed by atoms with Crippen LogP contribution >= 0.6 is 0 Å². The third-order valence-electron chi connectivity index (χ3n) is 2.52. The summed E-state index contributed by atoms with van der Waals surface area (Å²) in [6.45, 7) is 0. The highest BCUT2D eigenvalue weighted by molar-refractivity contribution is 7.92. The number of sulfonamides is 1. The van der Waals surface area contributed by atoms with E-state index in [0.717, 1.165) is 12.4 Å². The molecular weight excluding hydrogens is 325 g/mol. The van der Waals surface area contributed by atoms with Crippen molar-refractivity contribution in [2.24, 2.45) is 0 Å². The van der Waals surface area contributed by atoms with E-state index in [2.05, 4.69) is 4.98 Å². The van der Waals surface area contributed by atoms with Crippen LogP contribution < -0.4 is 4.72 Å². The minimum absolute atomic E-state index is 0.227. The van der Waals surface area contributed by atoms with Crippen LogP contribution in [0.4, 0.5) is 18.9 Å². The number of carboxylic acids is 1. The van der Waals surface area contributed by atoms with E-state index < -0.39 is 49.6 Å². The fourth-order valence-corrected chi connectivity index (χ4v) is 2.57. The van der Waals surface area contributed by atoms with Gasteiger partial charge in [-0.2, -0.15) is 0 Å². The van der Waals surface area contributed by atoms with Gasteiger partial charge in [0.1, 0.15) is 22.3 Å². The fourth-order valence-electron chi connectivity index (χ4n) is 1.53. The molecule has 0 radical (unpaired) electrons. The molecule has 0 spiro atoms. The van der Waals surface area contributed by atoms with Gasteiger partial charge in [0, 0.05) is 12.3 Å². The smallest absolute Gasteiger partial charge is 0.338 e. The lowest BCUT2D eigenvalue weighted by Crippen LogP contribution is -2.15. The third kappa shape index (κ3) is 3.17. The Hall–Kier alpha value is -2.62. The normalized spacial score (nSPS) is 11.2. The summed E-state index contributed by atoms with van der Waals surface area (Å²) in [7, 11) is -4.42. The van der Waals surface area contributed by atoms with E-state index in [4.69, 9.17) is 5.11 Å². The average molecular weight is 332 g/mol. The van der Waals surface area contributed by atoms with Crippen LogP contribution in [-0.2, 0) is 10.0 Å². The number of nitrogens with zero attached hydrogens (tertiary/aromatic N) is 1. The number of pyridine rings is 1. The summed E-state index contributed by atoms with van der Waals surface area (Å²) in [5.74, 6) is -5.32. The van der Waals surface area contributed by atoms with Crippen LogP contribution in [0.15, 0.2) is 35.5 Å². The Morgan fingerprint density at radius 3 is 2.36 bits per heavy atom. The van der Waals surface area contributed by atoms with Crippen molar-refractivity contribution < 1.29 is 31.5 Å². The minimum atomic E-state index is -4.42. The molecule has 10 heteroatoms. The molecule has 1 aromatic carbocycles. The van der Waals surface area contributed by atoms with E-state index in [9.17, 15) is 26.4 Å². The summed E-state index contributed by atoms with van der Waals surface area (Å²) in [5.41, 5.74) is -1.71. The zero-order valence-electron chi connectivity index (χ0n) is 10.5. The molecule has 0 atom stereocenters. The number of halogens is 3. The molecule has 2 N–H and O–H groups in total. The van der Waals surface area contributed by atoms with E-state index in [1.165, 1.54) is 0 Å². The molecule has 22 heavy (non-hydrogen) atoms. The van der Waals surface area contributed by atoms with Crippen LogP contribution in [0.5, 0.6) is 0 Å². The van der Waals surface area contributed by atoms with Crippen molar-refractivity contribution in [1.82, 2.24) is 4.98 Å². The number of aromatic nitrogens is 1. The van der Waals surface area contributed by atoms with E-state index in [-0.39, 0.29) is 6.07 Å². The maximum atomic E-state index is 13.6. The molecular formula is C12H7F3N2O4S. The first-order chi connectivity index (χ1) is 10.2. The molecule has 116 valence electrons. The lowest BCUT2D eigenvalue weighted by Gasteiger charge is -2.10. The Kier molecular flexibility index (Phi) is 4.04. The Labute approximate surface area is 122 Å². The molecule has 0 fully saturated rings. The van der Waals surface area contributed by atoms with Crippen molar-refractivity contribution in [3.8, 4) is 0 Å². The first kappa shape index (κ1) is 15.8. The van der Waals surface area contributed by atoms with Gasteiger partial charge in [-0.3, -0.25) is 9.71 Å². The van der Waals surface area contributed by atoms with Crippen LogP contribution in [0.3, 0.4) is 0 Å². The Balaban J connectivity index is 2.46. The average Bonchev–Trinajstić information content (AvgIpc) is 2.41. The highest BCUT2D eigenvalue weighted by Gasteiger charge is 2.21. The molecule has 0 aliphatic rings. The first-order valence-electron chi connectivity index (χ1n) is 5.56. The van der Waals surface area contributed by atoms with Gasteiger partial charge in [0.2, 0.25) is 0 Å². The van der Waals surface area contributed by atoms with E-state index >= 15 is 0 Å². The maximum Gasteiger partial charge on any atom is 0.338 e. The molecule has 1 aromatic heterocycles. The second-order valence-electron chi connectivity index (χ2n) is 4.06. The van der Waals surface area contributed by atoms with E-state index in [0.29, 0.717) is 12.1 Å². The summed E-state index contributed by atoms with van der Waals surface area (Å²) < 4.78 is 65.4. The molecule has 1 heterocycles. The second-order valence-corrected chi connectivity index (χ2v) is 5.74. The van der Waals surface area contributed by atoms with Crippen molar-refractivity contribution >= 4 is 21.7 Å². The molecule has 0 saturated heterocycles. The van der Waals surface area contributed by atoms with Gasteiger partial charge in [0.15, 0.2) is 0 Å². The van der Waals surface area contributed by atoms with E-state index in [1.54, 1.807) is 4.72 Å². The number of aromatic carboxylic acids is 1. The van der Waals surface area contributed by atoms with Gasteiger partial charge in [-0.15, -0.1) is 0 Å².